The van der Waals surface area contributed by atoms with E-state index in [1.165, 1.54) is 24.3 Å². The monoisotopic (exact) mass is 300 g/mol. The second-order valence-electron chi connectivity index (χ2n) is 4.62. The molecule has 1 aromatic rings. The molecule has 21 heavy (non-hydrogen) atoms. The van der Waals surface area contributed by atoms with Gasteiger partial charge in [-0.3, -0.25) is 10.1 Å². The molecule has 116 valence electrons. The van der Waals surface area contributed by atoms with E-state index < -0.39 is 35.6 Å². The van der Waals surface area contributed by atoms with Gasteiger partial charge in [-0.05, 0) is 12.1 Å². The zero-order valence-corrected chi connectivity index (χ0v) is 10.9. The van der Waals surface area contributed by atoms with Crippen LogP contribution in [0.1, 0.15) is 0 Å². The summed E-state index contributed by atoms with van der Waals surface area (Å²) in [6, 6.07) is 5.14. The number of nitro groups is 1. The Kier molecular flexibility index (Phi) is 4.70. The van der Waals surface area contributed by atoms with Gasteiger partial charge in [0.15, 0.2) is 0 Å². The second-order valence-corrected chi connectivity index (χ2v) is 4.62. The highest BCUT2D eigenvalue weighted by atomic mass is 16.7. The number of nitrogens with two attached hydrogens (primary N) is 1. The Bertz CT molecular complexity index is 493. The lowest BCUT2D eigenvalue weighted by atomic mass is 9.99. The van der Waals surface area contributed by atoms with Crippen LogP contribution in [-0.2, 0) is 4.74 Å². The molecule has 0 saturated carbocycles. The van der Waals surface area contributed by atoms with E-state index in [0.29, 0.717) is 0 Å². The molecule has 9 nitrogen and oxygen atoms in total. The summed E-state index contributed by atoms with van der Waals surface area (Å²) in [7, 11) is 0. The van der Waals surface area contributed by atoms with Crippen LogP contribution in [0.3, 0.4) is 0 Å². The third-order valence-corrected chi connectivity index (χ3v) is 3.20. The molecule has 0 spiro atoms. The van der Waals surface area contributed by atoms with Crippen molar-refractivity contribution in [3.8, 4) is 5.75 Å². The van der Waals surface area contributed by atoms with Crippen LogP contribution in [-0.4, -0.2) is 57.5 Å². The molecule has 2 rings (SSSR count). The molecule has 0 aromatic heterocycles. The molecule has 1 heterocycles. The van der Waals surface area contributed by atoms with Gasteiger partial charge >= 0.3 is 0 Å². The van der Waals surface area contributed by atoms with Crippen molar-refractivity contribution in [1.29, 1.82) is 0 Å². The third kappa shape index (κ3) is 3.28. The highest BCUT2D eigenvalue weighted by Gasteiger charge is 2.44. The average Bonchev–Trinajstić information content (AvgIpc) is 2.48. The average molecular weight is 300 g/mol. The largest absolute Gasteiger partial charge is 0.462 e. The molecule has 5 N–H and O–H groups in total. The molecule has 1 aromatic carbocycles. The van der Waals surface area contributed by atoms with E-state index in [1.807, 2.05) is 0 Å². The zero-order valence-electron chi connectivity index (χ0n) is 10.9. The standard InChI is InChI=1S/C12H16N2O7/c13-5-8-9(15)10(16)11(17)12(21-8)20-7-3-1-6(2-4-7)14(18)19/h1-4,8-12,15-17H,5,13H2. The predicted molar refractivity (Wildman–Crippen MR) is 69.5 cm³/mol. The maximum absolute atomic E-state index is 10.5. The number of non-ortho nitro benzene ring substituents is 1. The summed E-state index contributed by atoms with van der Waals surface area (Å²) in [4.78, 5) is 9.99. The van der Waals surface area contributed by atoms with Crippen LogP contribution in [0.4, 0.5) is 5.69 Å². The minimum Gasteiger partial charge on any atom is -0.462 e. The van der Waals surface area contributed by atoms with E-state index in [9.17, 15) is 25.4 Å². The number of hydrogen-bond acceptors (Lipinski definition) is 8. The van der Waals surface area contributed by atoms with Crippen molar-refractivity contribution in [2.45, 2.75) is 30.7 Å². The van der Waals surface area contributed by atoms with Gasteiger partial charge in [-0.1, -0.05) is 0 Å². The van der Waals surface area contributed by atoms with Gasteiger partial charge in [0.2, 0.25) is 6.29 Å². The Morgan fingerprint density at radius 2 is 1.81 bits per heavy atom. The molecule has 1 saturated heterocycles. The first-order valence-electron chi connectivity index (χ1n) is 6.25. The first kappa shape index (κ1) is 15.6. The van der Waals surface area contributed by atoms with Gasteiger partial charge in [0.25, 0.3) is 5.69 Å². The molecule has 1 aliphatic heterocycles. The van der Waals surface area contributed by atoms with E-state index in [1.54, 1.807) is 0 Å². The maximum Gasteiger partial charge on any atom is 0.269 e. The molecule has 5 unspecified atom stereocenters. The molecule has 0 radical (unpaired) electrons. The van der Waals surface area contributed by atoms with Crippen LogP contribution in [0.2, 0.25) is 0 Å². The Balaban J connectivity index is 2.08. The lowest BCUT2D eigenvalue weighted by Gasteiger charge is -2.39. The van der Waals surface area contributed by atoms with Crippen molar-refractivity contribution in [3.63, 3.8) is 0 Å². The van der Waals surface area contributed by atoms with Crippen molar-refractivity contribution in [1.82, 2.24) is 0 Å². The van der Waals surface area contributed by atoms with Crippen molar-refractivity contribution in [2.75, 3.05) is 6.54 Å². The lowest BCUT2D eigenvalue weighted by molar-refractivity contribution is -0.384. The number of nitrogens with zero attached hydrogens (tertiary/aromatic N) is 1. The summed E-state index contributed by atoms with van der Waals surface area (Å²) < 4.78 is 10.6. The molecule has 0 amide bonds. The Morgan fingerprint density at radius 3 is 2.33 bits per heavy atom. The van der Waals surface area contributed by atoms with Crippen LogP contribution in [0.5, 0.6) is 5.75 Å². The smallest absolute Gasteiger partial charge is 0.269 e. The summed E-state index contributed by atoms with van der Waals surface area (Å²) in [5.41, 5.74) is 5.29. The molecule has 1 fully saturated rings. The molecule has 1 aliphatic rings. The van der Waals surface area contributed by atoms with Crippen molar-refractivity contribution in [2.24, 2.45) is 5.73 Å². The SMILES string of the molecule is NCC1OC(Oc2ccc([N+](=O)[O-])cc2)C(O)C(O)C1O. The normalized spacial score (nSPS) is 32.7. The number of aliphatic hydroxyl groups excluding tert-OH is 3. The molecular weight excluding hydrogens is 284 g/mol. The first-order chi connectivity index (χ1) is 9.93. The zero-order chi connectivity index (χ0) is 15.6. The second kappa shape index (κ2) is 6.33. The first-order valence-corrected chi connectivity index (χ1v) is 6.25. The van der Waals surface area contributed by atoms with Crippen LogP contribution in [0, 0.1) is 10.1 Å². The molecular formula is C12H16N2O7. The van der Waals surface area contributed by atoms with Crippen molar-refractivity contribution in [3.05, 3.63) is 34.4 Å². The Hall–Kier alpha value is -1.78. The summed E-state index contributed by atoms with van der Waals surface area (Å²) in [6.45, 7) is -0.0644. The van der Waals surface area contributed by atoms with E-state index in [0.717, 1.165) is 0 Å². The highest BCUT2D eigenvalue weighted by Crippen LogP contribution is 2.25. The summed E-state index contributed by atoms with van der Waals surface area (Å²) in [5.74, 6) is 0.212. The third-order valence-electron chi connectivity index (χ3n) is 3.20. The van der Waals surface area contributed by atoms with E-state index in [4.69, 9.17) is 15.2 Å². The van der Waals surface area contributed by atoms with Crippen LogP contribution in [0.15, 0.2) is 24.3 Å². The van der Waals surface area contributed by atoms with Gasteiger partial charge in [-0.2, -0.15) is 0 Å². The highest BCUT2D eigenvalue weighted by molar-refractivity contribution is 5.36. The summed E-state index contributed by atoms with van der Waals surface area (Å²) in [5, 5.41) is 39.7. The fraction of sp³-hybridized carbons (Fsp3) is 0.500. The lowest BCUT2D eigenvalue weighted by Crippen LogP contribution is -2.60. The number of benzene rings is 1. The quantitative estimate of drug-likeness (QED) is 0.397. The van der Waals surface area contributed by atoms with Crippen LogP contribution < -0.4 is 10.5 Å². The summed E-state index contributed by atoms with van der Waals surface area (Å²) in [6.07, 6.45) is -6.38. The molecule has 0 aliphatic carbocycles. The minimum absolute atomic E-state index is 0.0644. The van der Waals surface area contributed by atoms with Gasteiger partial charge in [-0.15, -0.1) is 0 Å². The Labute approximate surface area is 119 Å². The number of hydrogen-bond donors (Lipinski definition) is 4. The van der Waals surface area contributed by atoms with E-state index >= 15 is 0 Å². The van der Waals surface area contributed by atoms with Crippen molar-refractivity contribution < 1.29 is 29.7 Å². The number of ether oxygens (including phenoxy) is 2. The maximum atomic E-state index is 10.5. The Morgan fingerprint density at radius 1 is 1.19 bits per heavy atom. The minimum atomic E-state index is -1.47. The molecule has 5 atom stereocenters. The predicted octanol–water partition coefficient (Wildman–Crippen LogP) is -1.26. The number of rotatable bonds is 4. The van der Waals surface area contributed by atoms with Gasteiger partial charge in [-0.25, -0.2) is 0 Å². The number of nitro benzene ring substituents is 1. The van der Waals surface area contributed by atoms with Gasteiger partial charge in [0, 0.05) is 18.7 Å². The fourth-order valence-electron chi connectivity index (χ4n) is 1.99. The number of aliphatic hydroxyl groups is 3. The van der Waals surface area contributed by atoms with Crippen LogP contribution in [0.25, 0.3) is 0 Å². The summed E-state index contributed by atoms with van der Waals surface area (Å²) >= 11 is 0. The van der Waals surface area contributed by atoms with Gasteiger partial charge < -0.3 is 30.5 Å². The fourth-order valence-corrected chi connectivity index (χ4v) is 1.99. The topological polar surface area (TPSA) is 148 Å². The van der Waals surface area contributed by atoms with E-state index in [-0.39, 0.29) is 18.0 Å². The van der Waals surface area contributed by atoms with Gasteiger partial charge in [0.1, 0.15) is 30.2 Å². The van der Waals surface area contributed by atoms with Crippen LogP contribution >= 0.6 is 0 Å². The van der Waals surface area contributed by atoms with Crippen molar-refractivity contribution >= 4 is 5.69 Å². The van der Waals surface area contributed by atoms with E-state index in [2.05, 4.69) is 0 Å². The molecule has 9 heteroatoms. The van der Waals surface area contributed by atoms with Gasteiger partial charge in [0.05, 0.1) is 4.92 Å². The molecule has 0 bridgehead atoms.